The Bertz CT molecular complexity index is 1100. The highest BCUT2D eigenvalue weighted by Crippen LogP contribution is 2.18. The van der Waals surface area contributed by atoms with Crippen LogP contribution in [0, 0.1) is 12.7 Å². The Morgan fingerprint density at radius 3 is 2.65 bits per heavy atom. The number of benzene rings is 2. The second kappa shape index (κ2) is 8.99. The van der Waals surface area contributed by atoms with Crippen molar-refractivity contribution in [3.05, 3.63) is 77.4 Å². The standard InChI is InChI=1S/C23H24FN5O2/c1-16-19(15-26-29(16)21-10-3-2-9-20(21)24)22(30)25-14-17-7-6-8-18(13-17)27-23(31)28-11-4-5-12-28/h2-3,6-10,13,15H,4-5,11-12,14H2,1H3,(H,25,30)(H,27,31). The molecule has 0 bridgehead atoms. The van der Waals surface area contributed by atoms with Crippen molar-refractivity contribution in [2.24, 2.45) is 0 Å². The third-order valence-electron chi connectivity index (χ3n) is 5.36. The van der Waals surface area contributed by atoms with E-state index in [-0.39, 0.29) is 18.5 Å². The van der Waals surface area contributed by atoms with Crippen molar-refractivity contribution in [1.29, 1.82) is 0 Å². The lowest BCUT2D eigenvalue weighted by Crippen LogP contribution is -2.32. The van der Waals surface area contributed by atoms with Gasteiger partial charge in [-0.3, -0.25) is 4.79 Å². The molecule has 160 valence electrons. The fraction of sp³-hybridized carbons (Fsp3) is 0.261. The maximum absolute atomic E-state index is 14.1. The minimum absolute atomic E-state index is 0.102. The van der Waals surface area contributed by atoms with Crippen molar-refractivity contribution < 1.29 is 14.0 Å². The number of carbonyl (C=O) groups is 2. The molecule has 0 radical (unpaired) electrons. The summed E-state index contributed by atoms with van der Waals surface area (Å²) in [5.74, 6) is -0.708. The highest BCUT2D eigenvalue weighted by molar-refractivity contribution is 5.95. The van der Waals surface area contributed by atoms with E-state index >= 15 is 0 Å². The summed E-state index contributed by atoms with van der Waals surface area (Å²) in [7, 11) is 0. The summed E-state index contributed by atoms with van der Waals surface area (Å²) in [5, 5.41) is 9.94. The normalized spacial score (nSPS) is 13.3. The highest BCUT2D eigenvalue weighted by atomic mass is 19.1. The monoisotopic (exact) mass is 421 g/mol. The zero-order valence-corrected chi connectivity index (χ0v) is 17.3. The molecule has 1 fully saturated rings. The van der Waals surface area contributed by atoms with Gasteiger partial charge in [-0.25, -0.2) is 13.9 Å². The van der Waals surface area contributed by atoms with Crippen LogP contribution >= 0.6 is 0 Å². The Labute approximate surface area is 179 Å². The van der Waals surface area contributed by atoms with Crippen molar-refractivity contribution in [2.45, 2.75) is 26.3 Å². The topological polar surface area (TPSA) is 79.3 Å². The molecule has 1 aliphatic heterocycles. The zero-order valence-electron chi connectivity index (χ0n) is 17.3. The molecule has 0 aliphatic carbocycles. The van der Waals surface area contributed by atoms with E-state index in [4.69, 9.17) is 0 Å². The van der Waals surface area contributed by atoms with Gasteiger partial charge in [0.15, 0.2) is 0 Å². The van der Waals surface area contributed by atoms with Crippen molar-refractivity contribution >= 4 is 17.6 Å². The van der Waals surface area contributed by atoms with Crippen molar-refractivity contribution in [3.63, 3.8) is 0 Å². The van der Waals surface area contributed by atoms with Crippen LogP contribution in [0.4, 0.5) is 14.9 Å². The number of aromatic nitrogens is 2. The highest BCUT2D eigenvalue weighted by Gasteiger charge is 2.18. The number of nitrogens with zero attached hydrogens (tertiary/aromatic N) is 3. The van der Waals surface area contributed by atoms with Gasteiger partial charge in [0.05, 0.1) is 17.5 Å². The van der Waals surface area contributed by atoms with E-state index in [1.165, 1.54) is 16.9 Å². The van der Waals surface area contributed by atoms with Gasteiger partial charge >= 0.3 is 6.03 Å². The number of rotatable bonds is 5. The number of nitrogens with one attached hydrogen (secondary N) is 2. The second-order valence-corrected chi connectivity index (χ2v) is 7.51. The van der Waals surface area contributed by atoms with Gasteiger partial charge in [-0.05, 0) is 49.6 Å². The molecule has 3 amide bonds. The number of anilines is 1. The van der Waals surface area contributed by atoms with Gasteiger partial charge < -0.3 is 15.5 Å². The molecule has 1 aromatic heterocycles. The molecule has 4 rings (SSSR count). The van der Waals surface area contributed by atoms with Gasteiger partial charge in [0.25, 0.3) is 5.91 Å². The first-order chi connectivity index (χ1) is 15.0. The maximum atomic E-state index is 14.1. The lowest BCUT2D eigenvalue weighted by atomic mass is 10.2. The minimum Gasteiger partial charge on any atom is -0.348 e. The van der Waals surface area contributed by atoms with Gasteiger partial charge in [0.2, 0.25) is 0 Å². The van der Waals surface area contributed by atoms with Crippen LogP contribution in [0.15, 0.2) is 54.7 Å². The molecule has 1 saturated heterocycles. The molecule has 8 heteroatoms. The number of para-hydroxylation sites is 1. The molecule has 2 heterocycles. The van der Waals surface area contributed by atoms with Gasteiger partial charge in [0, 0.05) is 25.3 Å². The molecule has 0 spiro atoms. The van der Waals surface area contributed by atoms with Gasteiger partial charge in [0.1, 0.15) is 11.5 Å². The SMILES string of the molecule is Cc1c(C(=O)NCc2cccc(NC(=O)N3CCCC3)c2)cnn1-c1ccccc1F. The Hall–Kier alpha value is -3.68. The molecule has 0 saturated carbocycles. The number of urea groups is 1. The number of hydrogen-bond acceptors (Lipinski definition) is 3. The summed E-state index contributed by atoms with van der Waals surface area (Å²) in [5.41, 5.74) is 2.76. The van der Waals surface area contributed by atoms with Gasteiger partial charge in [-0.15, -0.1) is 0 Å². The lowest BCUT2D eigenvalue weighted by Gasteiger charge is -2.16. The predicted octanol–water partition coefficient (Wildman–Crippen LogP) is 3.88. The maximum Gasteiger partial charge on any atom is 0.321 e. The molecule has 7 nitrogen and oxygen atoms in total. The summed E-state index contributed by atoms with van der Waals surface area (Å²) in [6, 6.07) is 13.6. The van der Waals surface area contributed by atoms with E-state index in [0.717, 1.165) is 31.5 Å². The first-order valence-corrected chi connectivity index (χ1v) is 10.3. The van der Waals surface area contributed by atoms with Crippen LogP contribution < -0.4 is 10.6 Å². The minimum atomic E-state index is -0.409. The van der Waals surface area contributed by atoms with Crippen LogP contribution in [-0.4, -0.2) is 39.7 Å². The molecular formula is C23H24FN5O2. The molecule has 1 aliphatic rings. The van der Waals surface area contributed by atoms with Crippen molar-refractivity contribution in [2.75, 3.05) is 18.4 Å². The number of carbonyl (C=O) groups excluding carboxylic acids is 2. The Kier molecular flexibility index (Phi) is 5.97. The summed E-state index contributed by atoms with van der Waals surface area (Å²) in [4.78, 5) is 26.7. The van der Waals surface area contributed by atoms with Crippen LogP contribution in [0.3, 0.4) is 0 Å². The van der Waals surface area contributed by atoms with Crippen LogP contribution in [-0.2, 0) is 6.54 Å². The average Bonchev–Trinajstić information content (AvgIpc) is 3.43. The van der Waals surface area contributed by atoms with Gasteiger partial charge in [-0.1, -0.05) is 24.3 Å². The van der Waals surface area contributed by atoms with E-state index in [2.05, 4.69) is 15.7 Å². The Morgan fingerprint density at radius 1 is 1.10 bits per heavy atom. The molecular weight excluding hydrogens is 397 g/mol. The molecule has 0 unspecified atom stereocenters. The number of halogens is 1. The number of hydrogen-bond donors (Lipinski definition) is 2. The fourth-order valence-electron chi connectivity index (χ4n) is 3.66. The predicted molar refractivity (Wildman–Crippen MR) is 116 cm³/mol. The quantitative estimate of drug-likeness (QED) is 0.656. The Balaban J connectivity index is 1.40. The van der Waals surface area contributed by atoms with E-state index < -0.39 is 5.82 Å². The van der Waals surface area contributed by atoms with Crippen LogP contribution in [0.2, 0.25) is 0 Å². The molecule has 2 N–H and O–H groups in total. The van der Waals surface area contributed by atoms with Crippen LogP contribution in [0.5, 0.6) is 0 Å². The van der Waals surface area contributed by atoms with E-state index in [1.54, 1.807) is 30.0 Å². The van der Waals surface area contributed by atoms with E-state index in [9.17, 15) is 14.0 Å². The summed E-state index contributed by atoms with van der Waals surface area (Å²) >= 11 is 0. The third-order valence-corrected chi connectivity index (χ3v) is 5.36. The zero-order chi connectivity index (χ0) is 21.8. The molecule has 0 atom stereocenters. The number of likely N-dealkylation sites (tertiary alicyclic amines) is 1. The first kappa shape index (κ1) is 20.6. The second-order valence-electron chi connectivity index (χ2n) is 7.51. The molecule has 2 aromatic carbocycles. The molecule has 3 aromatic rings. The van der Waals surface area contributed by atoms with E-state index in [1.807, 2.05) is 24.3 Å². The van der Waals surface area contributed by atoms with Crippen LogP contribution in [0.25, 0.3) is 5.69 Å². The van der Waals surface area contributed by atoms with Gasteiger partial charge in [-0.2, -0.15) is 5.10 Å². The largest absolute Gasteiger partial charge is 0.348 e. The summed E-state index contributed by atoms with van der Waals surface area (Å²) in [6.45, 7) is 3.57. The smallest absolute Gasteiger partial charge is 0.321 e. The Morgan fingerprint density at radius 2 is 1.87 bits per heavy atom. The van der Waals surface area contributed by atoms with E-state index in [0.29, 0.717) is 22.6 Å². The lowest BCUT2D eigenvalue weighted by molar-refractivity contribution is 0.0950. The first-order valence-electron chi connectivity index (χ1n) is 10.3. The average molecular weight is 421 g/mol. The fourth-order valence-corrected chi connectivity index (χ4v) is 3.66. The number of amides is 3. The summed E-state index contributed by atoms with van der Waals surface area (Å²) < 4.78 is 15.5. The summed E-state index contributed by atoms with van der Waals surface area (Å²) in [6.07, 6.45) is 3.50. The molecule has 31 heavy (non-hydrogen) atoms. The van der Waals surface area contributed by atoms with Crippen LogP contribution in [0.1, 0.15) is 34.5 Å². The third kappa shape index (κ3) is 4.58. The van der Waals surface area contributed by atoms with Crippen molar-refractivity contribution in [3.8, 4) is 5.69 Å². The van der Waals surface area contributed by atoms with Crippen molar-refractivity contribution in [1.82, 2.24) is 20.0 Å².